The highest BCUT2D eigenvalue weighted by atomic mass is 32.1. The van der Waals surface area contributed by atoms with E-state index in [4.69, 9.17) is 14.5 Å². The van der Waals surface area contributed by atoms with Gasteiger partial charge in [0.25, 0.3) is 5.91 Å². The fraction of sp³-hybridized carbons (Fsp3) is 0.333. The van der Waals surface area contributed by atoms with Gasteiger partial charge in [0, 0.05) is 30.1 Å². The maximum atomic E-state index is 12.5. The minimum absolute atomic E-state index is 0.000647. The summed E-state index contributed by atoms with van der Waals surface area (Å²) in [5.41, 5.74) is 1.42. The number of hydrogen-bond donors (Lipinski definition) is 1. The van der Waals surface area contributed by atoms with Crippen molar-refractivity contribution in [1.82, 2.24) is 19.6 Å². The number of likely N-dealkylation sites (tertiary alicyclic amines) is 1. The van der Waals surface area contributed by atoms with Gasteiger partial charge in [0.05, 0.1) is 20.8 Å². The predicted octanol–water partition coefficient (Wildman–Crippen LogP) is 3.36. The first kappa shape index (κ1) is 22.7. The molecule has 0 aliphatic carbocycles. The van der Waals surface area contributed by atoms with Crippen molar-refractivity contribution in [3.63, 3.8) is 0 Å². The first-order chi connectivity index (χ1) is 16.1. The van der Waals surface area contributed by atoms with Gasteiger partial charge in [-0.25, -0.2) is 4.98 Å². The summed E-state index contributed by atoms with van der Waals surface area (Å²) in [5, 5.41) is 3.68. The van der Waals surface area contributed by atoms with Crippen molar-refractivity contribution >= 4 is 23.3 Å². The van der Waals surface area contributed by atoms with Crippen molar-refractivity contribution in [2.45, 2.75) is 18.8 Å². The molecular weight excluding hydrogens is 440 g/mol. The molecule has 0 atom stereocenters. The Hall–Kier alpha value is -3.46. The summed E-state index contributed by atoms with van der Waals surface area (Å²) >= 11 is 1.40. The zero-order chi connectivity index (χ0) is 23.2. The number of aromatic nitrogens is 2. The van der Waals surface area contributed by atoms with Crippen LogP contribution in [0.25, 0.3) is 11.4 Å². The van der Waals surface area contributed by atoms with E-state index in [1.165, 1.54) is 11.5 Å². The summed E-state index contributed by atoms with van der Waals surface area (Å²) in [6.07, 6.45) is 1.64. The van der Waals surface area contributed by atoms with Crippen LogP contribution in [0.4, 0.5) is 0 Å². The van der Waals surface area contributed by atoms with Crippen LogP contribution in [0.1, 0.15) is 34.1 Å². The summed E-state index contributed by atoms with van der Waals surface area (Å²) < 4.78 is 15.2. The van der Waals surface area contributed by atoms with Gasteiger partial charge in [-0.3, -0.25) is 9.59 Å². The number of ether oxygens (including phenoxy) is 2. The Labute approximate surface area is 196 Å². The number of rotatable bonds is 7. The molecule has 4 rings (SSSR count). The maximum Gasteiger partial charge on any atom is 0.251 e. The fourth-order valence-corrected chi connectivity index (χ4v) is 4.67. The fourth-order valence-electron chi connectivity index (χ4n) is 3.83. The first-order valence-corrected chi connectivity index (χ1v) is 11.5. The van der Waals surface area contributed by atoms with Crippen LogP contribution < -0.4 is 14.8 Å². The van der Waals surface area contributed by atoms with Gasteiger partial charge in [0.1, 0.15) is 5.01 Å². The number of amides is 2. The highest BCUT2D eigenvalue weighted by molar-refractivity contribution is 7.05. The molecule has 3 aromatic rings. The van der Waals surface area contributed by atoms with Crippen molar-refractivity contribution < 1.29 is 19.1 Å². The quantitative estimate of drug-likeness (QED) is 0.574. The van der Waals surface area contributed by atoms with Gasteiger partial charge in [-0.1, -0.05) is 18.2 Å². The largest absolute Gasteiger partial charge is 0.493 e. The van der Waals surface area contributed by atoms with Crippen LogP contribution in [0.3, 0.4) is 0 Å². The molecule has 9 heteroatoms. The van der Waals surface area contributed by atoms with Crippen molar-refractivity contribution in [2.75, 3.05) is 33.9 Å². The van der Waals surface area contributed by atoms with Crippen LogP contribution in [0.2, 0.25) is 0 Å². The minimum Gasteiger partial charge on any atom is -0.493 e. The number of carbonyl (C=O) groups is 2. The summed E-state index contributed by atoms with van der Waals surface area (Å²) in [7, 11) is 3.20. The molecular formula is C24H26N4O4S. The van der Waals surface area contributed by atoms with Crippen LogP contribution in [0.15, 0.2) is 48.5 Å². The molecule has 2 amide bonds. The molecule has 0 radical (unpaired) electrons. The lowest BCUT2D eigenvalue weighted by molar-refractivity contribution is -0.131. The number of methoxy groups -OCH3 is 2. The first-order valence-electron chi connectivity index (χ1n) is 10.8. The SMILES string of the molecule is COc1ccc(-c2nsc(C3CCN(C(=O)CNC(=O)c4ccccc4)CC3)n2)cc1OC. The molecule has 1 N–H and O–H groups in total. The molecule has 2 aromatic carbocycles. The Morgan fingerprint density at radius 3 is 2.48 bits per heavy atom. The second-order valence-electron chi connectivity index (χ2n) is 7.73. The second kappa shape index (κ2) is 10.4. The van der Waals surface area contributed by atoms with E-state index in [9.17, 15) is 9.59 Å². The Morgan fingerprint density at radius 2 is 1.79 bits per heavy atom. The van der Waals surface area contributed by atoms with E-state index in [0.717, 1.165) is 23.4 Å². The van der Waals surface area contributed by atoms with Gasteiger partial charge in [-0.05, 0) is 54.7 Å². The third-order valence-electron chi connectivity index (χ3n) is 5.72. The molecule has 1 aromatic heterocycles. The molecule has 1 aliphatic heterocycles. The molecule has 1 fully saturated rings. The molecule has 172 valence electrons. The normalized spacial score (nSPS) is 14.1. The predicted molar refractivity (Wildman–Crippen MR) is 126 cm³/mol. The molecule has 33 heavy (non-hydrogen) atoms. The van der Waals surface area contributed by atoms with Crippen molar-refractivity contribution in [3.8, 4) is 22.9 Å². The monoisotopic (exact) mass is 466 g/mol. The van der Waals surface area contributed by atoms with Crippen LogP contribution >= 0.6 is 11.5 Å². The maximum absolute atomic E-state index is 12.5. The Bertz CT molecular complexity index is 1110. The number of nitrogens with one attached hydrogen (secondary N) is 1. The van der Waals surface area contributed by atoms with Crippen molar-refractivity contribution in [2.24, 2.45) is 0 Å². The van der Waals surface area contributed by atoms with E-state index in [0.29, 0.717) is 36.0 Å². The topological polar surface area (TPSA) is 93.7 Å². The van der Waals surface area contributed by atoms with Crippen LogP contribution in [-0.2, 0) is 4.79 Å². The zero-order valence-corrected chi connectivity index (χ0v) is 19.4. The second-order valence-corrected chi connectivity index (χ2v) is 8.51. The minimum atomic E-state index is -0.240. The number of hydrogen-bond acceptors (Lipinski definition) is 7. The van der Waals surface area contributed by atoms with Gasteiger partial charge in [0.2, 0.25) is 5.91 Å². The van der Waals surface area contributed by atoms with Crippen molar-refractivity contribution in [1.29, 1.82) is 0 Å². The van der Waals surface area contributed by atoms with Crippen LogP contribution in [0.5, 0.6) is 11.5 Å². The van der Waals surface area contributed by atoms with Gasteiger partial charge >= 0.3 is 0 Å². The molecule has 1 saturated heterocycles. The van der Waals surface area contributed by atoms with Crippen molar-refractivity contribution in [3.05, 3.63) is 59.1 Å². The molecule has 0 spiro atoms. The lowest BCUT2D eigenvalue weighted by atomic mass is 9.97. The third-order valence-corrected chi connectivity index (χ3v) is 6.59. The zero-order valence-electron chi connectivity index (χ0n) is 18.6. The molecule has 0 unspecified atom stereocenters. The number of carbonyl (C=O) groups excluding carboxylic acids is 2. The number of piperidine rings is 1. The van der Waals surface area contributed by atoms with Gasteiger partial charge in [-0.2, -0.15) is 4.37 Å². The van der Waals surface area contributed by atoms with E-state index in [1.54, 1.807) is 43.4 Å². The molecule has 8 nitrogen and oxygen atoms in total. The average Bonchev–Trinajstić information content (AvgIpc) is 3.37. The third kappa shape index (κ3) is 5.31. The molecule has 2 heterocycles. The Balaban J connectivity index is 1.31. The highest BCUT2D eigenvalue weighted by Gasteiger charge is 2.26. The van der Waals surface area contributed by atoms with Crippen LogP contribution in [-0.4, -0.2) is 59.9 Å². The summed E-state index contributed by atoms with van der Waals surface area (Å²) in [5.74, 6) is 1.92. The molecule has 0 bridgehead atoms. The smallest absolute Gasteiger partial charge is 0.251 e. The van der Waals surface area contributed by atoms with E-state index in [1.807, 2.05) is 24.3 Å². The van der Waals surface area contributed by atoms with Gasteiger partial charge in [-0.15, -0.1) is 0 Å². The molecule has 1 aliphatic rings. The standard InChI is InChI=1S/C24H26N4O4S/c1-31-19-9-8-18(14-20(19)32-2)22-26-24(33-27-22)17-10-12-28(13-11-17)21(29)15-25-23(30)16-6-4-3-5-7-16/h3-9,14,17H,10-13,15H2,1-2H3,(H,25,30). The average molecular weight is 467 g/mol. The van der Waals surface area contributed by atoms with Gasteiger partial charge < -0.3 is 19.7 Å². The highest BCUT2D eigenvalue weighted by Crippen LogP contribution is 2.34. The summed E-state index contributed by atoms with van der Waals surface area (Å²) in [6.45, 7) is 1.27. The van der Waals surface area contributed by atoms with Gasteiger partial charge in [0.15, 0.2) is 17.3 Å². The number of benzene rings is 2. The summed E-state index contributed by atoms with van der Waals surface area (Å²) in [6, 6.07) is 14.5. The lowest BCUT2D eigenvalue weighted by Gasteiger charge is -2.31. The van der Waals surface area contributed by atoms with E-state index >= 15 is 0 Å². The van der Waals surface area contributed by atoms with Crippen LogP contribution in [0, 0.1) is 0 Å². The molecule has 0 saturated carbocycles. The van der Waals surface area contributed by atoms with E-state index < -0.39 is 0 Å². The Kier molecular flexibility index (Phi) is 7.19. The summed E-state index contributed by atoms with van der Waals surface area (Å²) in [4.78, 5) is 31.2. The number of nitrogens with zero attached hydrogens (tertiary/aromatic N) is 3. The van der Waals surface area contributed by atoms with E-state index in [-0.39, 0.29) is 24.3 Å². The lowest BCUT2D eigenvalue weighted by Crippen LogP contribution is -2.43. The Morgan fingerprint density at radius 1 is 1.06 bits per heavy atom. The van der Waals surface area contributed by atoms with E-state index in [2.05, 4.69) is 9.69 Å².